The summed E-state index contributed by atoms with van der Waals surface area (Å²) in [5.74, 6) is 0.680. The van der Waals surface area contributed by atoms with Gasteiger partial charge in [0, 0.05) is 12.4 Å². The summed E-state index contributed by atoms with van der Waals surface area (Å²) in [7, 11) is 0. The van der Waals surface area contributed by atoms with Crippen molar-refractivity contribution in [1.29, 1.82) is 0 Å². The van der Waals surface area contributed by atoms with Gasteiger partial charge in [-0.15, -0.1) is 12.4 Å². The van der Waals surface area contributed by atoms with Crippen LogP contribution in [0.25, 0.3) is 0 Å². The highest BCUT2D eigenvalue weighted by molar-refractivity contribution is 5.85. The van der Waals surface area contributed by atoms with E-state index in [-0.39, 0.29) is 12.4 Å². The number of ether oxygens (including phenoxy) is 1. The van der Waals surface area contributed by atoms with Crippen LogP contribution in [0.4, 0.5) is 0 Å². The smallest absolute Gasteiger partial charge is 0.235 e. The van der Waals surface area contributed by atoms with E-state index in [1.807, 2.05) is 6.92 Å². The van der Waals surface area contributed by atoms with E-state index < -0.39 is 0 Å². The van der Waals surface area contributed by atoms with Crippen LogP contribution in [-0.2, 0) is 0 Å². The standard InChI is InChI=1S/C10H15N3O.ClH/c1-8-10(13-7-6-12-8)14-9-2-4-11-5-3-9;/h6-7,9,11H,2-5H2,1H3;1H. The predicted octanol–water partition coefficient (Wildman–Crippen LogP) is 1.34. The Morgan fingerprint density at radius 3 is 2.60 bits per heavy atom. The van der Waals surface area contributed by atoms with Crippen molar-refractivity contribution in [3.05, 3.63) is 18.1 Å². The Labute approximate surface area is 95.9 Å². The molecule has 4 nitrogen and oxygen atoms in total. The Kier molecular flexibility index (Phi) is 4.78. The van der Waals surface area contributed by atoms with Crippen molar-refractivity contribution < 1.29 is 4.74 Å². The van der Waals surface area contributed by atoms with Crippen LogP contribution in [0.15, 0.2) is 12.4 Å². The second-order valence-electron chi connectivity index (χ2n) is 3.51. The lowest BCUT2D eigenvalue weighted by Gasteiger charge is -2.23. The van der Waals surface area contributed by atoms with E-state index >= 15 is 0 Å². The fourth-order valence-corrected chi connectivity index (χ4v) is 1.58. The van der Waals surface area contributed by atoms with E-state index in [1.165, 1.54) is 0 Å². The van der Waals surface area contributed by atoms with Gasteiger partial charge in [-0.05, 0) is 32.9 Å². The zero-order valence-corrected chi connectivity index (χ0v) is 9.59. The molecule has 1 aromatic heterocycles. The minimum atomic E-state index is 0. The first-order chi connectivity index (χ1) is 6.86. The fourth-order valence-electron chi connectivity index (χ4n) is 1.58. The molecule has 2 heterocycles. The second-order valence-corrected chi connectivity index (χ2v) is 3.51. The van der Waals surface area contributed by atoms with Gasteiger partial charge < -0.3 is 10.1 Å². The van der Waals surface area contributed by atoms with E-state index in [0.29, 0.717) is 12.0 Å². The van der Waals surface area contributed by atoms with Crippen LogP contribution < -0.4 is 10.1 Å². The zero-order valence-electron chi connectivity index (χ0n) is 8.77. The lowest BCUT2D eigenvalue weighted by molar-refractivity contribution is 0.154. The summed E-state index contributed by atoms with van der Waals surface area (Å²) in [6, 6.07) is 0. The Bertz CT molecular complexity index is 302. The monoisotopic (exact) mass is 229 g/mol. The Morgan fingerprint density at radius 1 is 1.27 bits per heavy atom. The van der Waals surface area contributed by atoms with Gasteiger partial charge >= 0.3 is 0 Å². The molecule has 1 fully saturated rings. The maximum Gasteiger partial charge on any atom is 0.235 e. The molecule has 1 aliphatic rings. The number of nitrogens with one attached hydrogen (secondary N) is 1. The lowest BCUT2D eigenvalue weighted by Crippen LogP contribution is -2.34. The maximum absolute atomic E-state index is 5.77. The third-order valence-corrected chi connectivity index (χ3v) is 2.40. The van der Waals surface area contributed by atoms with Crippen LogP contribution in [-0.4, -0.2) is 29.2 Å². The number of halogens is 1. The van der Waals surface area contributed by atoms with Gasteiger partial charge in [0.1, 0.15) is 6.10 Å². The minimum absolute atomic E-state index is 0. The Morgan fingerprint density at radius 2 is 1.93 bits per heavy atom. The molecule has 1 N–H and O–H groups in total. The molecule has 0 atom stereocenters. The van der Waals surface area contributed by atoms with Crippen LogP contribution >= 0.6 is 12.4 Å². The van der Waals surface area contributed by atoms with E-state index in [1.54, 1.807) is 12.4 Å². The van der Waals surface area contributed by atoms with E-state index in [2.05, 4.69) is 15.3 Å². The molecular weight excluding hydrogens is 214 g/mol. The summed E-state index contributed by atoms with van der Waals surface area (Å²) in [5, 5.41) is 3.30. The summed E-state index contributed by atoms with van der Waals surface area (Å²) >= 11 is 0. The lowest BCUT2D eigenvalue weighted by atomic mass is 10.1. The molecule has 2 rings (SSSR count). The van der Waals surface area contributed by atoms with Crippen molar-refractivity contribution in [2.75, 3.05) is 13.1 Å². The van der Waals surface area contributed by atoms with E-state index in [9.17, 15) is 0 Å². The molecule has 0 aliphatic carbocycles. The van der Waals surface area contributed by atoms with Gasteiger partial charge in [-0.2, -0.15) is 0 Å². The van der Waals surface area contributed by atoms with Gasteiger partial charge in [0.05, 0.1) is 5.69 Å². The maximum atomic E-state index is 5.77. The van der Waals surface area contributed by atoms with E-state index in [0.717, 1.165) is 31.6 Å². The average Bonchev–Trinajstić information content (AvgIpc) is 2.23. The van der Waals surface area contributed by atoms with Crippen LogP contribution in [0.3, 0.4) is 0 Å². The Balaban J connectivity index is 0.00000112. The minimum Gasteiger partial charge on any atom is -0.473 e. The Hall–Kier alpha value is -0.870. The van der Waals surface area contributed by atoms with Crippen LogP contribution in [0.2, 0.25) is 0 Å². The fraction of sp³-hybridized carbons (Fsp3) is 0.600. The third-order valence-electron chi connectivity index (χ3n) is 2.40. The second kappa shape index (κ2) is 5.88. The highest BCUT2D eigenvalue weighted by Gasteiger charge is 2.15. The summed E-state index contributed by atoms with van der Waals surface area (Å²) in [4.78, 5) is 8.31. The normalized spacial score (nSPS) is 16.9. The van der Waals surface area contributed by atoms with E-state index in [4.69, 9.17) is 4.74 Å². The van der Waals surface area contributed by atoms with Gasteiger partial charge in [0.2, 0.25) is 5.88 Å². The number of aromatic nitrogens is 2. The van der Waals surface area contributed by atoms with Crippen molar-refractivity contribution in [3.63, 3.8) is 0 Å². The number of aryl methyl sites for hydroxylation is 1. The number of hydrogen-bond acceptors (Lipinski definition) is 4. The zero-order chi connectivity index (χ0) is 9.80. The average molecular weight is 230 g/mol. The summed E-state index contributed by atoms with van der Waals surface area (Å²) in [6.45, 7) is 3.98. The van der Waals surface area contributed by atoms with Crippen molar-refractivity contribution in [2.45, 2.75) is 25.9 Å². The molecular formula is C10H16ClN3O. The summed E-state index contributed by atoms with van der Waals surface area (Å²) < 4.78 is 5.77. The third kappa shape index (κ3) is 3.32. The summed E-state index contributed by atoms with van der Waals surface area (Å²) in [6.07, 6.45) is 5.76. The highest BCUT2D eigenvalue weighted by atomic mass is 35.5. The topological polar surface area (TPSA) is 47.0 Å². The molecule has 1 saturated heterocycles. The van der Waals surface area contributed by atoms with Crippen molar-refractivity contribution in [1.82, 2.24) is 15.3 Å². The summed E-state index contributed by atoms with van der Waals surface area (Å²) in [5.41, 5.74) is 0.867. The first kappa shape index (κ1) is 12.2. The molecule has 0 unspecified atom stereocenters. The van der Waals surface area contributed by atoms with Crippen LogP contribution in [0, 0.1) is 6.92 Å². The molecule has 84 valence electrons. The SMILES string of the molecule is Cc1nccnc1OC1CCNCC1.Cl. The van der Waals surface area contributed by atoms with Crippen molar-refractivity contribution >= 4 is 12.4 Å². The van der Waals surface area contributed by atoms with Gasteiger partial charge in [0.25, 0.3) is 0 Å². The quantitative estimate of drug-likeness (QED) is 0.832. The van der Waals surface area contributed by atoms with Crippen LogP contribution in [0.1, 0.15) is 18.5 Å². The molecule has 0 saturated carbocycles. The van der Waals surface area contributed by atoms with Crippen LogP contribution in [0.5, 0.6) is 5.88 Å². The first-order valence-electron chi connectivity index (χ1n) is 5.01. The van der Waals surface area contributed by atoms with Crippen molar-refractivity contribution in [3.8, 4) is 5.88 Å². The number of piperidine rings is 1. The van der Waals surface area contributed by atoms with Gasteiger partial charge in [-0.3, -0.25) is 4.98 Å². The van der Waals surface area contributed by atoms with Gasteiger partial charge in [-0.25, -0.2) is 4.98 Å². The molecule has 5 heteroatoms. The van der Waals surface area contributed by atoms with Gasteiger partial charge in [-0.1, -0.05) is 0 Å². The number of nitrogens with zero attached hydrogens (tertiary/aromatic N) is 2. The van der Waals surface area contributed by atoms with Gasteiger partial charge in [0.15, 0.2) is 0 Å². The molecule has 0 spiro atoms. The molecule has 0 aromatic carbocycles. The molecule has 0 bridgehead atoms. The predicted molar refractivity (Wildman–Crippen MR) is 60.5 cm³/mol. The molecule has 15 heavy (non-hydrogen) atoms. The molecule has 0 radical (unpaired) electrons. The first-order valence-corrected chi connectivity index (χ1v) is 5.01. The molecule has 1 aromatic rings. The molecule has 1 aliphatic heterocycles. The molecule has 0 amide bonds. The van der Waals surface area contributed by atoms with Crippen molar-refractivity contribution in [2.24, 2.45) is 0 Å². The number of rotatable bonds is 2. The highest BCUT2D eigenvalue weighted by Crippen LogP contribution is 2.15. The number of hydrogen-bond donors (Lipinski definition) is 1. The largest absolute Gasteiger partial charge is 0.473 e.